The van der Waals surface area contributed by atoms with E-state index in [2.05, 4.69) is 11.1 Å². The van der Waals surface area contributed by atoms with Crippen LogP contribution in [0.5, 0.6) is 0 Å². The molecule has 2 saturated heterocycles. The molecule has 0 radical (unpaired) electrons. The van der Waals surface area contributed by atoms with Crippen molar-refractivity contribution in [3.63, 3.8) is 0 Å². The normalized spacial score (nSPS) is 37.2. The average Bonchev–Trinajstić information content (AvgIpc) is 2.81. The highest BCUT2D eigenvalue weighted by Crippen LogP contribution is 2.68. The number of nitrogens with zero attached hydrogens (tertiary/aromatic N) is 4. The Kier molecular flexibility index (Phi) is 3.51. The standard InChI is InChI=1S/C19H17N5O2/c20-10-17(11-21)15(13-6-3-5-9-24-13)25-19-8-4-1-2-7-14(19)18(17,12-22)16(23)26-19/h3,5-6,9,14-15,23H,1-2,4,7-8H2/t14-,15-,18-,19+/m0/s1. The third kappa shape index (κ3) is 1.72. The minimum atomic E-state index is -1.90. The van der Waals surface area contributed by atoms with Crippen LogP contribution in [0.25, 0.3) is 0 Å². The van der Waals surface area contributed by atoms with Crippen molar-refractivity contribution in [1.29, 1.82) is 21.2 Å². The summed E-state index contributed by atoms with van der Waals surface area (Å²) in [5.41, 5.74) is -3.17. The van der Waals surface area contributed by atoms with Gasteiger partial charge in [0.15, 0.2) is 5.41 Å². The highest BCUT2D eigenvalue weighted by atomic mass is 16.7. The van der Waals surface area contributed by atoms with Crippen molar-refractivity contribution in [3.8, 4) is 18.2 Å². The van der Waals surface area contributed by atoms with Crippen LogP contribution in [0, 0.1) is 56.2 Å². The summed E-state index contributed by atoms with van der Waals surface area (Å²) in [4.78, 5) is 4.28. The van der Waals surface area contributed by atoms with Crippen molar-refractivity contribution in [3.05, 3.63) is 30.1 Å². The number of nitriles is 3. The summed E-state index contributed by atoms with van der Waals surface area (Å²) in [5.74, 6) is -1.99. The minimum Gasteiger partial charge on any atom is -0.447 e. The third-order valence-electron chi connectivity index (χ3n) is 6.02. The topological polar surface area (TPSA) is 127 Å². The lowest BCUT2D eigenvalue weighted by molar-refractivity contribution is -0.285. The molecule has 0 aromatic carbocycles. The molecule has 1 aliphatic carbocycles. The predicted molar refractivity (Wildman–Crippen MR) is 87.9 cm³/mol. The molecule has 0 amide bonds. The number of hydrogen-bond donors (Lipinski definition) is 1. The van der Waals surface area contributed by atoms with Crippen LogP contribution in [-0.2, 0) is 9.47 Å². The molecule has 2 bridgehead atoms. The molecule has 4 atom stereocenters. The Morgan fingerprint density at radius 2 is 1.92 bits per heavy atom. The van der Waals surface area contributed by atoms with Gasteiger partial charge in [-0.2, -0.15) is 15.8 Å². The van der Waals surface area contributed by atoms with Gasteiger partial charge in [0.05, 0.1) is 29.8 Å². The van der Waals surface area contributed by atoms with Gasteiger partial charge in [0, 0.05) is 12.6 Å². The van der Waals surface area contributed by atoms with E-state index in [-0.39, 0.29) is 5.90 Å². The van der Waals surface area contributed by atoms with Crippen molar-refractivity contribution in [2.75, 3.05) is 0 Å². The number of pyridine rings is 1. The van der Waals surface area contributed by atoms with E-state index < -0.39 is 28.6 Å². The monoisotopic (exact) mass is 347 g/mol. The lowest BCUT2D eigenvalue weighted by Crippen LogP contribution is -2.59. The molecule has 0 spiro atoms. The molecule has 3 fully saturated rings. The second-order valence-electron chi connectivity index (χ2n) is 7.10. The maximum atomic E-state index is 10.2. The Morgan fingerprint density at radius 1 is 1.12 bits per heavy atom. The van der Waals surface area contributed by atoms with Crippen LogP contribution in [0.3, 0.4) is 0 Å². The zero-order valence-electron chi connectivity index (χ0n) is 14.1. The predicted octanol–water partition coefficient (Wildman–Crippen LogP) is 2.98. The summed E-state index contributed by atoms with van der Waals surface area (Å²) >= 11 is 0. The molecular weight excluding hydrogens is 330 g/mol. The van der Waals surface area contributed by atoms with Gasteiger partial charge in [0.1, 0.15) is 6.10 Å². The number of nitrogens with one attached hydrogen (secondary N) is 1. The van der Waals surface area contributed by atoms with Gasteiger partial charge in [-0.05, 0) is 25.0 Å². The average molecular weight is 347 g/mol. The van der Waals surface area contributed by atoms with Crippen molar-refractivity contribution >= 4 is 5.90 Å². The molecule has 4 rings (SSSR count). The zero-order chi connectivity index (χ0) is 18.4. The van der Waals surface area contributed by atoms with Crippen molar-refractivity contribution in [2.45, 2.75) is 44.0 Å². The van der Waals surface area contributed by atoms with Gasteiger partial charge in [0.2, 0.25) is 17.1 Å². The fourth-order valence-electron chi connectivity index (χ4n) is 4.83. The quantitative estimate of drug-likeness (QED) is 0.832. The molecule has 1 saturated carbocycles. The first kappa shape index (κ1) is 16.5. The smallest absolute Gasteiger partial charge is 0.217 e. The molecule has 26 heavy (non-hydrogen) atoms. The van der Waals surface area contributed by atoms with Crippen LogP contribution in [0.1, 0.15) is 43.9 Å². The van der Waals surface area contributed by atoms with Gasteiger partial charge in [-0.3, -0.25) is 10.4 Å². The van der Waals surface area contributed by atoms with Crippen LogP contribution >= 0.6 is 0 Å². The summed E-state index contributed by atoms with van der Waals surface area (Å²) < 4.78 is 12.2. The molecule has 1 aromatic heterocycles. The van der Waals surface area contributed by atoms with Gasteiger partial charge >= 0.3 is 0 Å². The van der Waals surface area contributed by atoms with Crippen molar-refractivity contribution < 1.29 is 9.47 Å². The molecule has 3 aliphatic rings. The first-order valence-corrected chi connectivity index (χ1v) is 8.71. The summed E-state index contributed by atoms with van der Waals surface area (Å²) in [5, 5.41) is 38.8. The highest BCUT2D eigenvalue weighted by molar-refractivity contribution is 5.89. The summed E-state index contributed by atoms with van der Waals surface area (Å²) in [6, 6.07) is 11.4. The van der Waals surface area contributed by atoms with Crippen LogP contribution in [0.2, 0.25) is 0 Å². The first-order chi connectivity index (χ1) is 12.6. The lowest BCUT2D eigenvalue weighted by Gasteiger charge is -2.49. The second-order valence-corrected chi connectivity index (χ2v) is 7.10. The Bertz CT molecular complexity index is 866. The fourth-order valence-corrected chi connectivity index (χ4v) is 4.83. The second kappa shape index (κ2) is 5.53. The van der Waals surface area contributed by atoms with E-state index in [1.54, 1.807) is 24.4 Å². The van der Waals surface area contributed by atoms with Gasteiger partial charge < -0.3 is 9.47 Å². The van der Waals surface area contributed by atoms with Crippen LogP contribution in [0.15, 0.2) is 24.4 Å². The Hall–Kier alpha value is -2.95. The molecule has 7 heteroatoms. The molecule has 3 heterocycles. The van der Waals surface area contributed by atoms with E-state index in [9.17, 15) is 15.8 Å². The van der Waals surface area contributed by atoms with Crippen LogP contribution in [-0.4, -0.2) is 16.7 Å². The first-order valence-electron chi connectivity index (χ1n) is 8.71. The van der Waals surface area contributed by atoms with Gasteiger partial charge in [-0.25, -0.2) is 0 Å². The number of hydrogen-bond acceptors (Lipinski definition) is 7. The Balaban J connectivity index is 2.01. The van der Waals surface area contributed by atoms with Gasteiger partial charge in [-0.1, -0.05) is 18.9 Å². The minimum absolute atomic E-state index is 0.326. The summed E-state index contributed by atoms with van der Waals surface area (Å²) in [7, 11) is 0. The maximum absolute atomic E-state index is 10.2. The third-order valence-corrected chi connectivity index (χ3v) is 6.02. The van der Waals surface area contributed by atoms with E-state index in [1.807, 2.05) is 12.1 Å². The lowest BCUT2D eigenvalue weighted by atomic mass is 9.53. The Morgan fingerprint density at radius 3 is 2.58 bits per heavy atom. The van der Waals surface area contributed by atoms with Crippen LogP contribution < -0.4 is 0 Å². The largest absolute Gasteiger partial charge is 0.447 e. The summed E-state index contributed by atoms with van der Waals surface area (Å²) in [6.07, 6.45) is 4.25. The number of aromatic nitrogens is 1. The van der Waals surface area contributed by atoms with E-state index >= 15 is 0 Å². The molecule has 2 aliphatic heterocycles. The van der Waals surface area contributed by atoms with E-state index in [1.165, 1.54) is 0 Å². The molecule has 1 aromatic rings. The fraction of sp³-hybridized carbons (Fsp3) is 0.526. The van der Waals surface area contributed by atoms with Crippen LogP contribution in [0.4, 0.5) is 0 Å². The van der Waals surface area contributed by atoms with Gasteiger partial charge in [0.25, 0.3) is 0 Å². The SMILES string of the molecule is N#CC1(C#N)[C@H](c2ccccn2)O[C@@]23CCCCC[C@H]2[C@@]1(C#N)C(=N)O3. The maximum Gasteiger partial charge on any atom is 0.217 e. The number of ether oxygens (including phenoxy) is 2. The highest BCUT2D eigenvalue weighted by Gasteiger charge is 2.80. The van der Waals surface area contributed by atoms with E-state index in [4.69, 9.17) is 14.9 Å². The molecule has 0 unspecified atom stereocenters. The van der Waals surface area contributed by atoms with E-state index in [0.29, 0.717) is 18.5 Å². The van der Waals surface area contributed by atoms with E-state index in [0.717, 1.165) is 19.3 Å². The van der Waals surface area contributed by atoms with Crippen molar-refractivity contribution in [1.82, 2.24) is 4.98 Å². The molecule has 7 nitrogen and oxygen atoms in total. The van der Waals surface area contributed by atoms with Gasteiger partial charge in [-0.15, -0.1) is 0 Å². The molecule has 1 N–H and O–H groups in total. The molecular formula is C19H17N5O2. The zero-order valence-corrected chi connectivity index (χ0v) is 14.1. The molecule has 130 valence electrons. The Labute approximate surface area is 151 Å². The van der Waals surface area contributed by atoms with Crippen molar-refractivity contribution in [2.24, 2.45) is 16.7 Å². The number of rotatable bonds is 1. The summed E-state index contributed by atoms with van der Waals surface area (Å²) in [6.45, 7) is 0.